The highest BCUT2D eigenvalue weighted by Gasteiger charge is 2.21. The number of fused-ring (bicyclic) bond motifs is 1. The van der Waals surface area contributed by atoms with E-state index in [4.69, 9.17) is 23.2 Å². The van der Waals surface area contributed by atoms with Crippen LogP contribution in [0.2, 0.25) is 10.0 Å². The number of carbonyl (C=O) groups excluding carboxylic acids is 1. The second-order valence-corrected chi connectivity index (χ2v) is 9.62. The van der Waals surface area contributed by atoms with Crippen LogP contribution in [0.3, 0.4) is 0 Å². The Morgan fingerprint density at radius 1 is 1.06 bits per heavy atom. The fraction of sp³-hybridized carbons (Fsp3) is 0.208. The summed E-state index contributed by atoms with van der Waals surface area (Å²) in [6.45, 7) is 5.93. The Morgan fingerprint density at radius 2 is 1.72 bits per heavy atom. The molecule has 0 aliphatic heterocycles. The smallest absolute Gasteiger partial charge is 0.263 e. The largest absolute Gasteiger partial charge is 0.324 e. The summed E-state index contributed by atoms with van der Waals surface area (Å²) in [6, 6.07) is 12.2. The van der Waals surface area contributed by atoms with Crippen molar-refractivity contribution in [3.05, 3.63) is 80.1 Å². The van der Waals surface area contributed by atoms with Crippen LogP contribution in [0.4, 0.5) is 5.69 Å². The maximum absolute atomic E-state index is 13.4. The zero-order valence-corrected chi connectivity index (χ0v) is 20.1. The van der Waals surface area contributed by atoms with Gasteiger partial charge in [0.05, 0.1) is 11.7 Å². The maximum atomic E-state index is 13.4. The Labute approximate surface area is 199 Å². The van der Waals surface area contributed by atoms with Crippen LogP contribution >= 0.6 is 34.5 Å². The summed E-state index contributed by atoms with van der Waals surface area (Å²) in [6.07, 6.45) is 1.42. The molecule has 2 heterocycles. The van der Waals surface area contributed by atoms with Crippen LogP contribution in [0.1, 0.15) is 38.3 Å². The number of hydrogen-bond donors (Lipinski definition) is 1. The number of anilines is 1. The molecule has 0 bridgehead atoms. The molecule has 32 heavy (non-hydrogen) atoms. The lowest BCUT2D eigenvalue weighted by Gasteiger charge is -2.15. The van der Waals surface area contributed by atoms with E-state index in [9.17, 15) is 9.59 Å². The van der Waals surface area contributed by atoms with Gasteiger partial charge in [0.2, 0.25) is 5.91 Å². The van der Waals surface area contributed by atoms with Gasteiger partial charge in [-0.05, 0) is 42.2 Å². The monoisotopic (exact) mass is 485 g/mol. The Kier molecular flexibility index (Phi) is 6.38. The predicted molar refractivity (Wildman–Crippen MR) is 133 cm³/mol. The van der Waals surface area contributed by atoms with Crippen LogP contribution in [0.25, 0.3) is 21.3 Å². The Hall–Kier alpha value is -2.67. The highest BCUT2D eigenvalue weighted by atomic mass is 35.5. The minimum absolute atomic E-state index is 0.258. The molecule has 1 N–H and O–H groups in total. The SMILES string of the molecule is CC(C)c1ccc(-c2csc3ncn(C(C)C(=O)Nc4cc(Cl)cc(Cl)c4)c(=O)c23)cc1. The van der Waals surface area contributed by atoms with Crippen LogP contribution in [-0.2, 0) is 4.79 Å². The summed E-state index contributed by atoms with van der Waals surface area (Å²) in [5, 5.41) is 6.03. The van der Waals surface area contributed by atoms with Gasteiger partial charge < -0.3 is 5.32 Å². The molecule has 0 saturated carbocycles. The molecule has 1 unspecified atom stereocenters. The highest BCUT2D eigenvalue weighted by Crippen LogP contribution is 2.32. The summed E-state index contributed by atoms with van der Waals surface area (Å²) >= 11 is 13.4. The standard InChI is InChI=1S/C24H21Cl2N3O2S/c1-13(2)15-4-6-16(7-5-15)20-11-32-23-21(20)24(31)29(12-27-23)14(3)22(30)28-19-9-17(25)8-18(26)10-19/h4-14H,1-3H3,(H,28,30). The minimum atomic E-state index is -0.784. The maximum Gasteiger partial charge on any atom is 0.263 e. The lowest BCUT2D eigenvalue weighted by molar-refractivity contribution is -0.118. The van der Waals surface area contributed by atoms with Crippen molar-refractivity contribution in [1.29, 1.82) is 0 Å². The second kappa shape index (κ2) is 9.06. The summed E-state index contributed by atoms with van der Waals surface area (Å²) in [5.41, 5.74) is 3.20. The Balaban J connectivity index is 1.69. The molecule has 4 aromatic rings. The van der Waals surface area contributed by atoms with Gasteiger partial charge in [-0.25, -0.2) is 4.98 Å². The second-order valence-electron chi connectivity index (χ2n) is 7.89. The molecule has 0 aliphatic carbocycles. The fourth-order valence-electron chi connectivity index (χ4n) is 3.48. The lowest BCUT2D eigenvalue weighted by atomic mass is 9.99. The van der Waals surface area contributed by atoms with Crippen LogP contribution in [0.15, 0.2) is 59.0 Å². The third-order valence-corrected chi connectivity index (χ3v) is 6.66. The van der Waals surface area contributed by atoms with E-state index in [1.165, 1.54) is 27.8 Å². The van der Waals surface area contributed by atoms with E-state index >= 15 is 0 Å². The Bertz CT molecular complexity index is 1340. The van der Waals surface area contributed by atoms with Gasteiger partial charge >= 0.3 is 0 Å². The first-order chi connectivity index (χ1) is 15.2. The van der Waals surface area contributed by atoms with Crippen molar-refractivity contribution < 1.29 is 4.79 Å². The third-order valence-electron chi connectivity index (χ3n) is 5.33. The van der Waals surface area contributed by atoms with Crippen LogP contribution in [-0.4, -0.2) is 15.5 Å². The van der Waals surface area contributed by atoms with E-state index in [1.807, 2.05) is 17.5 Å². The van der Waals surface area contributed by atoms with E-state index in [2.05, 4.69) is 36.3 Å². The molecule has 1 amide bonds. The fourth-order valence-corrected chi connectivity index (χ4v) is 4.91. The van der Waals surface area contributed by atoms with Crippen molar-refractivity contribution >= 4 is 56.3 Å². The average molecular weight is 486 g/mol. The number of thiophene rings is 1. The van der Waals surface area contributed by atoms with Crippen LogP contribution in [0, 0.1) is 0 Å². The summed E-state index contributed by atoms with van der Waals surface area (Å²) in [7, 11) is 0. The van der Waals surface area contributed by atoms with Crippen molar-refractivity contribution in [3.8, 4) is 11.1 Å². The van der Waals surface area contributed by atoms with Gasteiger partial charge in [-0.1, -0.05) is 61.3 Å². The number of carbonyl (C=O) groups is 1. The number of rotatable bonds is 5. The summed E-state index contributed by atoms with van der Waals surface area (Å²) < 4.78 is 1.35. The van der Waals surface area contributed by atoms with Gasteiger partial charge in [0.15, 0.2) is 0 Å². The number of benzene rings is 2. The molecule has 2 aromatic carbocycles. The molecule has 5 nitrogen and oxygen atoms in total. The first-order valence-corrected chi connectivity index (χ1v) is 11.7. The average Bonchev–Trinajstić information content (AvgIpc) is 3.18. The van der Waals surface area contributed by atoms with Crippen molar-refractivity contribution in [2.45, 2.75) is 32.7 Å². The lowest BCUT2D eigenvalue weighted by Crippen LogP contribution is -2.31. The molecular weight excluding hydrogens is 465 g/mol. The third kappa shape index (κ3) is 4.44. The van der Waals surface area contributed by atoms with Gasteiger partial charge in [-0.15, -0.1) is 11.3 Å². The Morgan fingerprint density at radius 3 is 2.34 bits per heavy atom. The van der Waals surface area contributed by atoms with Gasteiger partial charge in [0.25, 0.3) is 5.56 Å². The van der Waals surface area contributed by atoms with Gasteiger partial charge in [-0.3, -0.25) is 14.2 Å². The van der Waals surface area contributed by atoms with Crippen molar-refractivity contribution in [2.24, 2.45) is 0 Å². The summed E-state index contributed by atoms with van der Waals surface area (Å²) in [5.74, 6) is 0.0561. The van der Waals surface area contributed by atoms with E-state index < -0.39 is 6.04 Å². The number of hydrogen-bond acceptors (Lipinski definition) is 4. The molecule has 0 spiro atoms. The molecule has 1 atom stereocenters. The van der Waals surface area contributed by atoms with Gasteiger partial charge in [0, 0.05) is 26.7 Å². The molecule has 4 rings (SSSR count). The van der Waals surface area contributed by atoms with E-state index in [-0.39, 0.29) is 11.5 Å². The molecule has 8 heteroatoms. The molecule has 0 fully saturated rings. The van der Waals surface area contributed by atoms with Crippen molar-refractivity contribution in [1.82, 2.24) is 9.55 Å². The number of aromatic nitrogens is 2. The summed E-state index contributed by atoms with van der Waals surface area (Å²) in [4.78, 5) is 31.3. The highest BCUT2D eigenvalue weighted by molar-refractivity contribution is 7.17. The molecular formula is C24H21Cl2N3O2S. The number of nitrogens with one attached hydrogen (secondary N) is 1. The van der Waals surface area contributed by atoms with Crippen molar-refractivity contribution in [2.75, 3.05) is 5.32 Å². The van der Waals surface area contributed by atoms with E-state index in [0.29, 0.717) is 31.9 Å². The topological polar surface area (TPSA) is 64.0 Å². The number of halogens is 2. The van der Waals surface area contributed by atoms with Crippen molar-refractivity contribution in [3.63, 3.8) is 0 Å². The van der Waals surface area contributed by atoms with Gasteiger partial charge in [0.1, 0.15) is 10.9 Å². The molecule has 0 radical (unpaired) electrons. The van der Waals surface area contributed by atoms with Crippen LogP contribution < -0.4 is 10.9 Å². The van der Waals surface area contributed by atoms with E-state index in [0.717, 1.165) is 11.1 Å². The molecule has 0 aliphatic rings. The quantitative estimate of drug-likeness (QED) is 0.339. The number of amides is 1. The zero-order chi connectivity index (χ0) is 23.0. The first kappa shape index (κ1) is 22.5. The molecule has 164 valence electrons. The normalized spacial score (nSPS) is 12.3. The molecule has 0 saturated heterocycles. The first-order valence-electron chi connectivity index (χ1n) is 10.1. The zero-order valence-electron chi connectivity index (χ0n) is 17.7. The van der Waals surface area contributed by atoms with Crippen LogP contribution in [0.5, 0.6) is 0 Å². The minimum Gasteiger partial charge on any atom is -0.324 e. The van der Waals surface area contributed by atoms with E-state index in [1.54, 1.807) is 25.1 Å². The number of nitrogens with zero attached hydrogens (tertiary/aromatic N) is 2. The predicted octanol–water partition coefficient (Wildman–Crippen LogP) is 6.75. The van der Waals surface area contributed by atoms with Gasteiger partial charge in [-0.2, -0.15) is 0 Å². The molecule has 2 aromatic heterocycles.